The quantitative estimate of drug-likeness (QED) is 0.322. The summed E-state index contributed by atoms with van der Waals surface area (Å²) in [6, 6.07) is 12.6. The second kappa shape index (κ2) is 11.9. The van der Waals surface area contributed by atoms with Crippen molar-refractivity contribution in [1.29, 1.82) is 0 Å². The van der Waals surface area contributed by atoms with Gasteiger partial charge in [-0.25, -0.2) is 9.97 Å². The number of hydrogen-bond donors (Lipinski definition) is 1. The summed E-state index contributed by atoms with van der Waals surface area (Å²) in [5, 5.41) is 3.51. The molecule has 0 bridgehead atoms. The van der Waals surface area contributed by atoms with E-state index in [2.05, 4.69) is 41.9 Å². The molecule has 8 heteroatoms. The van der Waals surface area contributed by atoms with Crippen molar-refractivity contribution in [2.45, 2.75) is 39.3 Å². The maximum Gasteiger partial charge on any atom is 0.222 e. The number of hydrogen-bond acceptors (Lipinski definition) is 7. The zero-order chi connectivity index (χ0) is 25.5. The van der Waals surface area contributed by atoms with E-state index in [1.54, 1.807) is 6.20 Å². The fraction of sp³-hybridized carbons (Fsp3) is 0.345. The fourth-order valence-electron chi connectivity index (χ4n) is 4.76. The van der Waals surface area contributed by atoms with Gasteiger partial charge in [0.1, 0.15) is 17.2 Å². The number of nitrogens with one attached hydrogen (secondary N) is 1. The summed E-state index contributed by atoms with van der Waals surface area (Å²) in [6.07, 6.45) is 13.4. The Hall–Kier alpha value is -3.91. The molecule has 0 saturated carbocycles. The molecular weight excluding hydrogens is 464 g/mol. The molecule has 1 aromatic carbocycles. The molecule has 0 unspecified atom stereocenters. The van der Waals surface area contributed by atoms with Crippen molar-refractivity contribution >= 4 is 5.95 Å². The molecular formula is C29H34N6O2. The molecule has 0 spiro atoms. The first-order chi connectivity index (χ1) is 18.2. The lowest BCUT2D eigenvalue weighted by atomic mass is 10.0. The predicted octanol–water partition coefficient (Wildman–Crippen LogP) is 5.20. The third-order valence-electron chi connectivity index (χ3n) is 6.54. The third kappa shape index (κ3) is 6.09. The Morgan fingerprint density at radius 2 is 1.57 bits per heavy atom. The summed E-state index contributed by atoms with van der Waals surface area (Å²) >= 11 is 0. The van der Waals surface area contributed by atoms with E-state index < -0.39 is 0 Å². The minimum Gasteiger partial charge on any atom is -0.492 e. The summed E-state index contributed by atoms with van der Waals surface area (Å²) in [6.45, 7) is 8.09. The molecule has 4 heterocycles. The summed E-state index contributed by atoms with van der Waals surface area (Å²) in [5.74, 6) is 2.38. The second-order valence-corrected chi connectivity index (χ2v) is 9.13. The first-order valence-corrected chi connectivity index (χ1v) is 13.0. The lowest BCUT2D eigenvalue weighted by molar-refractivity contribution is 0.210. The van der Waals surface area contributed by atoms with Crippen molar-refractivity contribution in [3.05, 3.63) is 79.1 Å². The van der Waals surface area contributed by atoms with Crippen LogP contribution in [0.25, 0.3) is 16.8 Å². The van der Waals surface area contributed by atoms with Crippen LogP contribution < -0.4 is 14.8 Å². The minimum atomic E-state index is 0.356. The highest BCUT2D eigenvalue weighted by atomic mass is 16.5. The monoisotopic (exact) mass is 498 g/mol. The van der Waals surface area contributed by atoms with E-state index in [9.17, 15) is 0 Å². The number of aromatic nitrogens is 4. The molecule has 1 aliphatic rings. The summed E-state index contributed by atoms with van der Waals surface area (Å²) in [5.41, 5.74) is 4.14. The van der Waals surface area contributed by atoms with Crippen LogP contribution in [-0.4, -0.2) is 56.8 Å². The molecule has 0 radical (unpaired) electrons. The molecule has 1 aliphatic heterocycles. The van der Waals surface area contributed by atoms with Crippen LogP contribution in [0, 0.1) is 0 Å². The van der Waals surface area contributed by atoms with Gasteiger partial charge >= 0.3 is 0 Å². The van der Waals surface area contributed by atoms with Gasteiger partial charge in [0.15, 0.2) is 0 Å². The highest BCUT2D eigenvalue weighted by molar-refractivity contribution is 5.61. The number of piperidine rings is 1. The van der Waals surface area contributed by atoms with Crippen molar-refractivity contribution in [3.8, 4) is 28.3 Å². The van der Waals surface area contributed by atoms with Crippen molar-refractivity contribution in [1.82, 2.24) is 24.4 Å². The standard InChI is InChI=1S/C29H34N6O2/c1-3-36-26-16-22(17-27(37-4-2)28(26)35-12-5-6-13-35)21-34-14-9-25(10-15-34)33-29-31-19-24(20-32-29)23-8-7-11-30-18-23/h5-8,11-13,16-20,25H,3-4,9-10,14-15,21H2,1-2H3,(H,31,32,33). The fourth-order valence-corrected chi connectivity index (χ4v) is 4.76. The Morgan fingerprint density at radius 3 is 2.16 bits per heavy atom. The summed E-state index contributed by atoms with van der Waals surface area (Å²) in [7, 11) is 0. The smallest absolute Gasteiger partial charge is 0.222 e. The SMILES string of the molecule is CCOc1cc(CN2CCC(Nc3ncc(-c4cccnc4)cn3)CC2)cc(OCC)c1-n1cccc1. The predicted molar refractivity (Wildman–Crippen MR) is 145 cm³/mol. The summed E-state index contributed by atoms with van der Waals surface area (Å²) in [4.78, 5) is 15.7. The van der Waals surface area contributed by atoms with Gasteiger partial charge in [-0.15, -0.1) is 0 Å². The maximum absolute atomic E-state index is 6.05. The van der Waals surface area contributed by atoms with E-state index >= 15 is 0 Å². The molecule has 0 aliphatic carbocycles. The van der Waals surface area contributed by atoms with Gasteiger partial charge in [0.2, 0.25) is 5.95 Å². The van der Waals surface area contributed by atoms with Gasteiger partial charge in [-0.1, -0.05) is 6.07 Å². The first kappa shape index (κ1) is 24.8. The largest absolute Gasteiger partial charge is 0.492 e. The molecule has 1 fully saturated rings. The van der Waals surface area contributed by atoms with Crippen LogP contribution >= 0.6 is 0 Å². The molecule has 0 amide bonds. The van der Waals surface area contributed by atoms with Crippen LogP contribution in [0.2, 0.25) is 0 Å². The van der Waals surface area contributed by atoms with Crippen molar-refractivity contribution < 1.29 is 9.47 Å². The number of pyridine rings is 1. The van der Waals surface area contributed by atoms with Crippen LogP contribution in [-0.2, 0) is 6.54 Å². The van der Waals surface area contributed by atoms with Crippen LogP contribution in [0.1, 0.15) is 32.3 Å². The highest BCUT2D eigenvalue weighted by Gasteiger charge is 2.22. The van der Waals surface area contributed by atoms with Gasteiger partial charge in [-0.05, 0) is 62.6 Å². The lowest BCUT2D eigenvalue weighted by Crippen LogP contribution is -2.39. The lowest BCUT2D eigenvalue weighted by Gasteiger charge is -2.32. The number of anilines is 1. The molecule has 37 heavy (non-hydrogen) atoms. The maximum atomic E-state index is 6.05. The number of benzene rings is 1. The Kier molecular flexibility index (Phi) is 7.96. The zero-order valence-electron chi connectivity index (χ0n) is 21.5. The molecule has 5 rings (SSSR count). The van der Waals surface area contributed by atoms with E-state index in [1.807, 2.05) is 69.1 Å². The van der Waals surface area contributed by atoms with Gasteiger partial charge < -0.3 is 19.4 Å². The Bertz CT molecular complexity index is 1230. The van der Waals surface area contributed by atoms with E-state index in [0.717, 1.165) is 60.8 Å². The second-order valence-electron chi connectivity index (χ2n) is 9.13. The highest BCUT2D eigenvalue weighted by Crippen LogP contribution is 2.35. The van der Waals surface area contributed by atoms with Crippen LogP contribution in [0.15, 0.2) is 73.6 Å². The van der Waals surface area contributed by atoms with Crippen LogP contribution in [0.5, 0.6) is 11.5 Å². The van der Waals surface area contributed by atoms with Crippen molar-refractivity contribution in [3.63, 3.8) is 0 Å². The zero-order valence-corrected chi connectivity index (χ0v) is 21.5. The average molecular weight is 499 g/mol. The molecule has 192 valence electrons. The van der Waals surface area contributed by atoms with Crippen LogP contribution in [0.3, 0.4) is 0 Å². The third-order valence-corrected chi connectivity index (χ3v) is 6.54. The van der Waals surface area contributed by atoms with E-state index in [0.29, 0.717) is 25.2 Å². The molecule has 1 saturated heterocycles. The van der Waals surface area contributed by atoms with Gasteiger partial charge in [0, 0.05) is 74.0 Å². The average Bonchev–Trinajstić information content (AvgIpc) is 3.46. The van der Waals surface area contributed by atoms with E-state index in [-0.39, 0.29) is 0 Å². The first-order valence-electron chi connectivity index (χ1n) is 13.0. The van der Waals surface area contributed by atoms with Crippen molar-refractivity contribution in [2.75, 3.05) is 31.6 Å². The number of rotatable bonds is 10. The van der Waals surface area contributed by atoms with Crippen LogP contribution in [0.4, 0.5) is 5.95 Å². The van der Waals surface area contributed by atoms with Gasteiger partial charge in [0.25, 0.3) is 0 Å². The molecule has 3 aromatic heterocycles. The molecule has 0 atom stereocenters. The Balaban J connectivity index is 1.21. The number of nitrogens with zero attached hydrogens (tertiary/aromatic N) is 5. The van der Waals surface area contributed by atoms with Gasteiger partial charge in [-0.2, -0.15) is 0 Å². The minimum absolute atomic E-state index is 0.356. The molecule has 8 nitrogen and oxygen atoms in total. The van der Waals surface area contributed by atoms with E-state index in [4.69, 9.17) is 9.47 Å². The Morgan fingerprint density at radius 1 is 0.892 bits per heavy atom. The normalized spacial score (nSPS) is 14.4. The topological polar surface area (TPSA) is 77.3 Å². The van der Waals surface area contributed by atoms with E-state index in [1.165, 1.54) is 5.56 Å². The summed E-state index contributed by atoms with van der Waals surface area (Å²) < 4.78 is 14.2. The molecule has 4 aromatic rings. The number of likely N-dealkylation sites (tertiary alicyclic amines) is 1. The molecule has 1 N–H and O–H groups in total. The van der Waals surface area contributed by atoms with Crippen molar-refractivity contribution in [2.24, 2.45) is 0 Å². The van der Waals surface area contributed by atoms with Gasteiger partial charge in [0.05, 0.1) is 13.2 Å². The number of ether oxygens (including phenoxy) is 2. The Labute approximate surface area is 218 Å². The van der Waals surface area contributed by atoms with Gasteiger partial charge in [-0.3, -0.25) is 9.88 Å².